The number of hydrogen-bond acceptors (Lipinski definition) is 3. The van der Waals surface area contributed by atoms with E-state index in [4.69, 9.17) is 0 Å². The molecule has 2 aliphatic heterocycles. The van der Waals surface area contributed by atoms with E-state index >= 15 is 0 Å². The van der Waals surface area contributed by atoms with Crippen molar-refractivity contribution in [1.82, 2.24) is 15.1 Å². The van der Waals surface area contributed by atoms with Gasteiger partial charge in [0.2, 0.25) is 0 Å². The van der Waals surface area contributed by atoms with Crippen LogP contribution in [0.5, 0.6) is 0 Å². The zero-order valence-corrected chi connectivity index (χ0v) is 12.6. The van der Waals surface area contributed by atoms with Gasteiger partial charge in [-0.2, -0.15) is 0 Å². The lowest BCUT2D eigenvalue weighted by molar-refractivity contribution is -0.142. The van der Waals surface area contributed by atoms with Gasteiger partial charge in [-0.25, -0.2) is 9.59 Å². The van der Waals surface area contributed by atoms with E-state index in [2.05, 4.69) is 10.2 Å². The Morgan fingerprint density at radius 1 is 1.25 bits per heavy atom. The molecule has 20 heavy (non-hydrogen) atoms. The lowest BCUT2D eigenvalue weighted by Crippen LogP contribution is -2.58. The Bertz CT molecular complexity index is 392. The van der Waals surface area contributed by atoms with Crippen LogP contribution in [0.15, 0.2) is 0 Å². The number of aliphatic carboxylic acids is 1. The first-order valence-electron chi connectivity index (χ1n) is 7.31. The third-order valence-electron chi connectivity index (χ3n) is 4.26. The molecule has 6 heteroatoms. The number of fused-ring (bicyclic) bond motifs is 1. The highest BCUT2D eigenvalue weighted by Crippen LogP contribution is 2.23. The van der Waals surface area contributed by atoms with Crippen molar-refractivity contribution in [1.29, 1.82) is 0 Å². The van der Waals surface area contributed by atoms with Crippen LogP contribution in [0.3, 0.4) is 0 Å². The zero-order valence-electron chi connectivity index (χ0n) is 12.6. The first-order chi connectivity index (χ1) is 9.29. The van der Waals surface area contributed by atoms with Gasteiger partial charge < -0.3 is 15.3 Å². The fraction of sp³-hybridized carbons (Fsp3) is 0.857. The van der Waals surface area contributed by atoms with E-state index in [0.717, 1.165) is 19.5 Å². The molecule has 0 aromatic rings. The summed E-state index contributed by atoms with van der Waals surface area (Å²) in [7, 11) is 0. The Hall–Kier alpha value is -1.30. The number of carboxylic acid groups (broad SMARTS) is 1. The van der Waals surface area contributed by atoms with Crippen molar-refractivity contribution < 1.29 is 14.7 Å². The average Bonchev–Trinajstić information content (AvgIpc) is 2.80. The third-order valence-corrected chi connectivity index (χ3v) is 4.26. The SMILES string of the molecule is CC(C)(C)[C@H](NC(=O)N1CCN2CCCC2C1)C(=O)O. The van der Waals surface area contributed by atoms with E-state index in [1.165, 1.54) is 6.42 Å². The predicted octanol–water partition coefficient (Wildman–Crippen LogP) is 0.975. The normalized spacial score (nSPS) is 25.1. The molecule has 2 heterocycles. The van der Waals surface area contributed by atoms with Crippen LogP contribution in [0.25, 0.3) is 0 Å². The summed E-state index contributed by atoms with van der Waals surface area (Å²) in [6.07, 6.45) is 2.32. The molecule has 2 amide bonds. The molecule has 0 aliphatic carbocycles. The Labute approximate surface area is 120 Å². The molecule has 6 nitrogen and oxygen atoms in total. The minimum Gasteiger partial charge on any atom is -0.480 e. The second-order valence-electron chi connectivity index (χ2n) is 6.86. The summed E-state index contributed by atoms with van der Waals surface area (Å²) in [4.78, 5) is 27.8. The first-order valence-corrected chi connectivity index (χ1v) is 7.31. The second kappa shape index (κ2) is 5.60. The first kappa shape index (κ1) is 15.1. The number of carbonyl (C=O) groups excluding carboxylic acids is 1. The van der Waals surface area contributed by atoms with Crippen molar-refractivity contribution in [2.45, 2.75) is 45.7 Å². The van der Waals surface area contributed by atoms with Gasteiger partial charge in [-0.05, 0) is 24.8 Å². The molecule has 2 rings (SSSR count). The van der Waals surface area contributed by atoms with Gasteiger partial charge in [0.25, 0.3) is 0 Å². The lowest BCUT2D eigenvalue weighted by atomic mass is 9.87. The number of rotatable bonds is 2. The van der Waals surface area contributed by atoms with E-state index in [9.17, 15) is 14.7 Å². The summed E-state index contributed by atoms with van der Waals surface area (Å²) >= 11 is 0. The summed E-state index contributed by atoms with van der Waals surface area (Å²) in [6, 6.07) is -0.664. The molecule has 2 saturated heterocycles. The summed E-state index contributed by atoms with van der Waals surface area (Å²) in [5.74, 6) is -0.981. The van der Waals surface area contributed by atoms with Crippen molar-refractivity contribution >= 4 is 12.0 Å². The van der Waals surface area contributed by atoms with Crippen molar-refractivity contribution in [3.05, 3.63) is 0 Å². The zero-order chi connectivity index (χ0) is 14.9. The molecule has 2 fully saturated rings. The Morgan fingerprint density at radius 3 is 2.55 bits per heavy atom. The fourth-order valence-electron chi connectivity index (χ4n) is 3.04. The molecule has 2 aliphatic rings. The van der Waals surface area contributed by atoms with Crippen LogP contribution in [-0.4, -0.2) is 65.2 Å². The summed E-state index contributed by atoms with van der Waals surface area (Å²) in [5.41, 5.74) is -0.503. The van der Waals surface area contributed by atoms with Gasteiger partial charge in [0.05, 0.1) is 0 Å². The lowest BCUT2D eigenvalue weighted by Gasteiger charge is -2.38. The van der Waals surface area contributed by atoms with Crippen LogP contribution in [0, 0.1) is 5.41 Å². The highest BCUT2D eigenvalue weighted by atomic mass is 16.4. The second-order valence-corrected chi connectivity index (χ2v) is 6.86. The number of piperazine rings is 1. The molecule has 1 unspecified atom stereocenters. The summed E-state index contributed by atoms with van der Waals surface area (Å²) in [6.45, 7) is 8.87. The molecule has 114 valence electrons. The maximum absolute atomic E-state index is 12.3. The van der Waals surface area contributed by atoms with Crippen LogP contribution in [0.2, 0.25) is 0 Å². The number of hydrogen-bond donors (Lipinski definition) is 2. The number of nitrogens with zero attached hydrogens (tertiary/aromatic N) is 2. The van der Waals surface area contributed by atoms with Crippen LogP contribution in [0.1, 0.15) is 33.6 Å². The molecule has 0 spiro atoms. The van der Waals surface area contributed by atoms with Crippen LogP contribution in [-0.2, 0) is 4.79 Å². The van der Waals surface area contributed by atoms with Gasteiger partial charge in [-0.15, -0.1) is 0 Å². The van der Waals surface area contributed by atoms with E-state index in [-0.39, 0.29) is 6.03 Å². The quantitative estimate of drug-likeness (QED) is 0.792. The molecule has 0 saturated carbocycles. The van der Waals surface area contributed by atoms with Gasteiger partial charge in [-0.3, -0.25) is 4.90 Å². The summed E-state index contributed by atoms with van der Waals surface area (Å²) in [5, 5.41) is 11.9. The van der Waals surface area contributed by atoms with E-state index in [1.807, 2.05) is 20.8 Å². The minimum absolute atomic E-state index is 0.251. The van der Waals surface area contributed by atoms with Gasteiger partial charge in [0.1, 0.15) is 6.04 Å². The monoisotopic (exact) mass is 283 g/mol. The Balaban J connectivity index is 1.95. The van der Waals surface area contributed by atoms with E-state index in [0.29, 0.717) is 19.1 Å². The Kier molecular flexibility index (Phi) is 4.22. The largest absolute Gasteiger partial charge is 0.480 e. The van der Waals surface area contributed by atoms with Gasteiger partial charge in [0, 0.05) is 25.7 Å². The van der Waals surface area contributed by atoms with Crippen molar-refractivity contribution in [2.75, 3.05) is 26.2 Å². The molecule has 0 bridgehead atoms. The average molecular weight is 283 g/mol. The van der Waals surface area contributed by atoms with Crippen LogP contribution >= 0.6 is 0 Å². The third kappa shape index (κ3) is 3.23. The summed E-state index contributed by atoms with van der Waals surface area (Å²) < 4.78 is 0. The van der Waals surface area contributed by atoms with Crippen LogP contribution in [0.4, 0.5) is 4.79 Å². The van der Waals surface area contributed by atoms with Gasteiger partial charge >= 0.3 is 12.0 Å². The topological polar surface area (TPSA) is 72.9 Å². The molecule has 0 radical (unpaired) electrons. The van der Waals surface area contributed by atoms with Gasteiger partial charge in [0.15, 0.2) is 0 Å². The molecule has 0 aromatic carbocycles. The predicted molar refractivity (Wildman–Crippen MR) is 75.6 cm³/mol. The maximum atomic E-state index is 12.3. The molecule has 2 N–H and O–H groups in total. The molecule has 2 atom stereocenters. The minimum atomic E-state index is -0.981. The molecular formula is C14H25N3O3. The smallest absolute Gasteiger partial charge is 0.326 e. The van der Waals surface area contributed by atoms with E-state index < -0.39 is 17.4 Å². The van der Waals surface area contributed by atoms with Crippen LogP contribution < -0.4 is 5.32 Å². The molecular weight excluding hydrogens is 258 g/mol. The Morgan fingerprint density at radius 2 is 1.95 bits per heavy atom. The highest BCUT2D eigenvalue weighted by molar-refractivity contribution is 5.83. The number of carboxylic acids is 1. The number of nitrogens with one attached hydrogen (secondary N) is 1. The number of amides is 2. The standard InChI is InChI=1S/C14H25N3O3/c1-14(2,3)11(12(18)19)15-13(20)17-8-7-16-6-4-5-10(16)9-17/h10-11H,4-9H2,1-3H3,(H,15,20)(H,18,19)/t10?,11-/m1/s1. The van der Waals surface area contributed by atoms with Crippen molar-refractivity contribution in [3.8, 4) is 0 Å². The van der Waals surface area contributed by atoms with Crippen molar-refractivity contribution in [3.63, 3.8) is 0 Å². The van der Waals surface area contributed by atoms with Gasteiger partial charge in [-0.1, -0.05) is 20.8 Å². The van der Waals surface area contributed by atoms with E-state index in [1.54, 1.807) is 4.90 Å². The molecule has 0 aromatic heterocycles. The van der Waals surface area contributed by atoms with Crippen molar-refractivity contribution in [2.24, 2.45) is 5.41 Å². The maximum Gasteiger partial charge on any atom is 0.326 e. The number of carbonyl (C=O) groups is 2. The highest BCUT2D eigenvalue weighted by Gasteiger charge is 2.36. The fourth-order valence-corrected chi connectivity index (χ4v) is 3.04. The number of urea groups is 1.